The molecule has 0 unspecified atom stereocenters. The fraction of sp³-hybridized carbons (Fsp3) is 0.375. The van der Waals surface area contributed by atoms with Gasteiger partial charge in [0.25, 0.3) is 0 Å². The Morgan fingerprint density at radius 2 is 2.10 bits per heavy atom. The molecule has 0 aliphatic rings. The molecular formula is C8H12O2. The van der Waals surface area contributed by atoms with Gasteiger partial charge in [0.1, 0.15) is 0 Å². The van der Waals surface area contributed by atoms with E-state index in [0.717, 1.165) is 11.1 Å². The van der Waals surface area contributed by atoms with Crippen molar-refractivity contribution in [1.82, 2.24) is 0 Å². The smallest absolute Gasteiger partial charge is 0.307 e. The molecule has 0 aliphatic heterocycles. The molecule has 0 aromatic rings. The highest BCUT2D eigenvalue weighted by Gasteiger charge is 1.96. The van der Waals surface area contributed by atoms with E-state index in [1.54, 1.807) is 13.0 Å². The second kappa shape index (κ2) is 3.88. The molecule has 0 aliphatic carbocycles. The lowest BCUT2D eigenvalue weighted by Crippen LogP contribution is -1.94. The van der Waals surface area contributed by atoms with Gasteiger partial charge in [-0.2, -0.15) is 0 Å². The molecule has 0 fully saturated rings. The van der Waals surface area contributed by atoms with E-state index in [0.29, 0.717) is 0 Å². The number of allylic oxidation sites excluding steroid dienone is 2. The van der Waals surface area contributed by atoms with Crippen molar-refractivity contribution in [3.05, 3.63) is 23.8 Å². The molecule has 0 radical (unpaired) electrons. The van der Waals surface area contributed by atoms with Crippen LogP contribution >= 0.6 is 0 Å². The summed E-state index contributed by atoms with van der Waals surface area (Å²) in [6, 6.07) is 0. The van der Waals surface area contributed by atoms with Crippen molar-refractivity contribution in [2.75, 3.05) is 0 Å². The van der Waals surface area contributed by atoms with Gasteiger partial charge in [0.2, 0.25) is 0 Å². The SMILES string of the molecule is C=C(C)C=C(C)CC(=O)O. The summed E-state index contributed by atoms with van der Waals surface area (Å²) in [5.74, 6) is -0.796. The summed E-state index contributed by atoms with van der Waals surface area (Å²) >= 11 is 0. The molecule has 0 saturated heterocycles. The Hall–Kier alpha value is -1.05. The van der Waals surface area contributed by atoms with Crippen molar-refractivity contribution in [3.63, 3.8) is 0 Å². The van der Waals surface area contributed by atoms with Gasteiger partial charge in [-0.3, -0.25) is 4.79 Å². The van der Waals surface area contributed by atoms with Crippen LogP contribution in [0.25, 0.3) is 0 Å². The van der Waals surface area contributed by atoms with Gasteiger partial charge in [-0.1, -0.05) is 23.8 Å². The highest BCUT2D eigenvalue weighted by molar-refractivity contribution is 5.69. The zero-order chi connectivity index (χ0) is 8.15. The molecule has 1 N–H and O–H groups in total. The minimum atomic E-state index is -0.796. The molecule has 2 heteroatoms. The molecular weight excluding hydrogens is 128 g/mol. The van der Waals surface area contributed by atoms with Crippen LogP contribution < -0.4 is 0 Å². The maximum absolute atomic E-state index is 10.1. The van der Waals surface area contributed by atoms with Crippen molar-refractivity contribution in [2.45, 2.75) is 20.3 Å². The third-order valence-corrected chi connectivity index (χ3v) is 0.923. The molecule has 0 rings (SSSR count). The van der Waals surface area contributed by atoms with Gasteiger partial charge >= 0.3 is 5.97 Å². The van der Waals surface area contributed by atoms with Crippen LogP contribution in [0.2, 0.25) is 0 Å². The van der Waals surface area contributed by atoms with E-state index in [4.69, 9.17) is 5.11 Å². The molecule has 56 valence electrons. The first kappa shape index (κ1) is 8.95. The summed E-state index contributed by atoms with van der Waals surface area (Å²) in [7, 11) is 0. The number of hydrogen-bond acceptors (Lipinski definition) is 1. The fourth-order valence-electron chi connectivity index (χ4n) is 0.710. The van der Waals surface area contributed by atoms with Crippen LogP contribution in [-0.4, -0.2) is 11.1 Å². The lowest BCUT2D eigenvalue weighted by molar-refractivity contribution is -0.136. The highest BCUT2D eigenvalue weighted by Crippen LogP contribution is 2.02. The van der Waals surface area contributed by atoms with Gasteiger partial charge in [0.15, 0.2) is 0 Å². The van der Waals surface area contributed by atoms with E-state index in [9.17, 15) is 4.79 Å². The number of rotatable bonds is 3. The average molecular weight is 140 g/mol. The number of carbonyl (C=O) groups is 1. The summed E-state index contributed by atoms with van der Waals surface area (Å²) in [4.78, 5) is 10.1. The van der Waals surface area contributed by atoms with Crippen molar-refractivity contribution in [2.24, 2.45) is 0 Å². The third-order valence-electron chi connectivity index (χ3n) is 0.923. The molecule has 0 aromatic heterocycles. The Labute approximate surface area is 60.9 Å². The molecule has 2 nitrogen and oxygen atoms in total. The first-order valence-corrected chi connectivity index (χ1v) is 3.07. The number of aliphatic carboxylic acids is 1. The van der Waals surface area contributed by atoms with Crippen LogP contribution in [0.1, 0.15) is 20.3 Å². The van der Waals surface area contributed by atoms with Crippen LogP contribution in [-0.2, 0) is 4.79 Å². The largest absolute Gasteiger partial charge is 0.481 e. The van der Waals surface area contributed by atoms with E-state index in [1.165, 1.54) is 0 Å². The van der Waals surface area contributed by atoms with Gasteiger partial charge in [-0.25, -0.2) is 0 Å². The summed E-state index contributed by atoms with van der Waals surface area (Å²) < 4.78 is 0. The zero-order valence-corrected chi connectivity index (χ0v) is 6.35. The highest BCUT2D eigenvalue weighted by atomic mass is 16.4. The first-order chi connectivity index (χ1) is 4.52. The molecule has 0 aromatic carbocycles. The van der Waals surface area contributed by atoms with E-state index >= 15 is 0 Å². The normalized spacial score (nSPS) is 11.2. The Kier molecular flexibility index (Phi) is 3.47. The van der Waals surface area contributed by atoms with E-state index in [-0.39, 0.29) is 6.42 Å². The topological polar surface area (TPSA) is 37.3 Å². The van der Waals surface area contributed by atoms with Gasteiger partial charge in [0.05, 0.1) is 6.42 Å². The predicted octanol–water partition coefficient (Wildman–Crippen LogP) is 1.98. The van der Waals surface area contributed by atoms with Gasteiger partial charge in [-0.05, 0) is 13.8 Å². The summed E-state index contributed by atoms with van der Waals surface area (Å²) in [6.07, 6.45) is 1.88. The average Bonchev–Trinajstić information content (AvgIpc) is 1.58. The Bertz CT molecular complexity index is 178. The Balaban J connectivity index is 3.95. The maximum Gasteiger partial charge on any atom is 0.307 e. The minimum absolute atomic E-state index is 0.104. The van der Waals surface area contributed by atoms with Crippen molar-refractivity contribution in [1.29, 1.82) is 0 Å². The summed E-state index contributed by atoms with van der Waals surface area (Å²) in [5, 5.41) is 8.33. The molecule has 0 saturated carbocycles. The van der Waals surface area contributed by atoms with Crippen molar-refractivity contribution >= 4 is 5.97 Å². The van der Waals surface area contributed by atoms with Gasteiger partial charge in [-0.15, -0.1) is 0 Å². The second-order valence-corrected chi connectivity index (χ2v) is 2.41. The zero-order valence-electron chi connectivity index (χ0n) is 6.35. The summed E-state index contributed by atoms with van der Waals surface area (Å²) in [5.41, 5.74) is 1.72. The van der Waals surface area contributed by atoms with E-state index in [2.05, 4.69) is 6.58 Å². The third kappa shape index (κ3) is 5.09. The molecule has 0 heterocycles. The molecule has 0 amide bonds. The fourth-order valence-corrected chi connectivity index (χ4v) is 0.710. The Morgan fingerprint density at radius 1 is 1.60 bits per heavy atom. The van der Waals surface area contributed by atoms with Crippen LogP contribution in [0.5, 0.6) is 0 Å². The number of carboxylic acids is 1. The minimum Gasteiger partial charge on any atom is -0.481 e. The van der Waals surface area contributed by atoms with Crippen LogP contribution in [0, 0.1) is 0 Å². The molecule has 10 heavy (non-hydrogen) atoms. The molecule has 0 atom stereocenters. The molecule has 0 bridgehead atoms. The monoisotopic (exact) mass is 140 g/mol. The van der Waals surface area contributed by atoms with Gasteiger partial charge < -0.3 is 5.11 Å². The molecule has 0 spiro atoms. The van der Waals surface area contributed by atoms with Crippen LogP contribution in [0.15, 0.2) is 23.8 Å². The number of hydrogen-bond donors (Lipinski definition) is 1. The van der Waals surface area contributed by atoms with Crippen LogP contribution in [0.4, 0.5) is 0 Å². The maximum atomic E-state index is 10.1. The van der Waals surface area contributed by atoms with E-state index < -0.39 is 5.97 Å². The van der Waals surface area contributed by atoms with Crippen LogP contribution in [0.3, 0.4) is 0 Å². The number of carboxylic acid groups (broad SMARTS) is 1. The van der Waals surface area contributed by atoms with Crippen molar-refractivity contribution in [3.8, 4) is 0 Å². The lowest BCUT2D eigenvalue weighted by Gasteiger charge is -1.94. The first-order valence-electron chi connectivity index (χ1n) is 3.07. The quantitative estimate of drug-likeness (QED) is 0.608. The van der Waals surface area contributed by atoms with E-state index in [1.807, 2.05) is 6.92 Å². The lowest BCUT2D eigenvalue weighted by atomic mass is 10.1. The van der Waals surface area contributed by atoms with Crippen molar-refractivity contribution < 1.29 is 9.90 Å². The van der Waals surface area contributed by atoms with Gasteiger partial charge in [0, 0.05) is 0 Å². The predicted molar refractivity (Wildman–Crippen MR) is 40.8 cm³/mol. The Morgan fingerprint density at radius 3 is 2.40 bits per heavy atom. The second-order valence-electron chi connectivity index (χ2n) is 2.41. The standard InChI is InChI=1S/C8H12O2/c1-6(2)4-7(3)5-8(9)10/h4H,1,5H2,2-3H3,(H,9,10). The summed E-state index contributed by atoms with van der Waals surface area (Å²) in [6.45, 7) is 7.25.